The van der Waals surface area contributed by atoms with Crippen LogP contribution >= 0.6 is 19.5 Å². The number of carbonyl (C=O) groups is 1. The molecule has 0 bridgehead atoms. The van der Waals surface area contributed by atoms with Gasteiger partial charge in [-0.15, -0.1) is 0 Å². The van der Waals surface area contributed by atoms with Crippen LogP contribution in [0, 0.1) is 0 Å². The van der Waals surface area contributed by atoms with Gasteiger partial charge in [0.15, 0.2) is 11.5 Å². The zero-order chi connectivity index (χ0) is 26.8. The van der Waals surface area contributed by atoms with Gasteiger partial charge in [-0.05, 0) is 24.1 Å². The van der Waals surface area contributed by atoms with Crippen molar-refractivity contribution in [2.75, 3.05) is 7.11 Å². The molecule has 2 aromatic heterocycles. The van der Waals surface area contributed by atoms with E-state index >= 15 is 0 Å². The van der Waals surface area contributed by atoms with E-state index < -0.39 is 13.1 Å². The predicted octanol–water partition coefficient (Wildman–Crippen LogP) is 4.61. The predicted molar refractivity (Wildman–Crippen MR) is 143 cm³/mol. The number of pyridine rings is 2. The van der Waals surface area contributed by atoms with Crippen molar-refractivity contribution in [3.05, 3.63) is 72.6 Å². The maximum absolute atomic E-state index is 11.7. The Morgan fingerprint density at radius 1 is 0.947 bits per heavy atom. The van der Waals surface area contributed by atoms with Crippen LogP contribution in [-0.2, 0) is 24.4 Å². The number of ether oxygens (including phenoxy) is 1. The number of aromatic nitrogens is 2. The van der Waals surface area contributed by atoms with Crippen LogP contribution in [0.5, 0.6) is 11.5 Å². The fourth-order valence-electron chi connectivity index (χ4n) is 4.31. The average molecular weight is 611 g/mol. The van der Waals surface area contributed by atoms with E-state index in [2.05, 4.69) is 24.4 Å². The first-order valence-electron chi connectivity index (χ1n) is 13.3. The monoisotopic (exact) mass is 609 g/mol. The summed E-state index contributed by atoms with van der Waals surface area (Å²) in [5, 5.41) is 14.7. The molecular weight excluding hydrogens is 576 g/mol. The Labute approximate surface area is 233 Å². The molecule has 0 aliphatic carbocycles. The van der Waals surface area contributed by atoms with Crippen LogP contribution in [0.2, 0.25) is 0 Å². The Hall–Kier alpha value is -2.49. The van der Waals surface area contributed by atoms with Gasteiger partial charge in [-0.3, -0.25) is 4.79 Å². The Bertz CT molecular complexity index is 1130. The molecule has 1 amide bonds. The summed E-state index contributed by atoms with van der Waals surface area (Å²) < 4.78 is 20.8. The number of carbonyl (C=O) groups excluding carboxylic acids is 1. The second-order valence-electron chi connectivity index (χ2n) is 9.28. The summed E-state index contributed by atoms with van der Waals surface area (Å²) in [7, 11) is 5.07. The Kier molecular flexibility index (Phi) is 10.5. The molecule has 0 unspecified atom stereocenters. The van der Waals surface area contributed by atoms with Gasteiger partial charge in [0.1, 0.15) is 0 Å². The van der Waals surface area contributed by atoms with Crippen LogP contribution in [-0.4, -0.2) is 18.1 Å². The van der Waals surface area contributed by atoms with Crippen molar-refractivity contribution in [3.8, 4) is 11.5 Å². The molecule has 0 atom stereocenters. The normalized spacial score (nSPS) is 13.9. The number of unbranched alkanes of at least 4 members (excludes halogenated alkanes) is 5. The molecule has 2 N–H and O–H groups in total. The van der Waals surface area contributed by atoms with E-state index in [1.807, 2.05) is 46.1 Å². The molecule has 4 heterocycles. The molecule has 1 aromatic carbocycles. The van der Waals surface area contributed by atoms with Crippen molar-refractivity contribution in [3.63, 3.8) is 0 Å². The molecular formula is C27H35N3O5S2Zn. The van der Waals surface area contributed by atoms with Gasteiger partial charge in [0, 0.05) is 13.0 Å². The first-order chi connectivity index (χ1) is 18.5. The van der Waals surface area contributed by atoms with Crippen molar-refractivity contribution in [1.82, 2.24) is 5.32 Å². The molecule has 2 aliphatic rings. The SMILES string of the molecule is CCCCCCCCC(=O)NCc1ccc(O)c(OC)c1.c1cc[n+]2c(c1)[S][Zn-2]1([O]2)[O][n+]2ccccc2[S]1. The number of nitrogens with zero attached hydrogens (tertiary/aromatic N) is 2. The average Bonchev–Trinajstić information content (AvgIpc) is 3.48. The van der Waals surface area contributed by atoms with Crippen molar-refractivity contribution in [1.29, 1.82) is 0 Å². The van der Waals surface area contributed by atoms with Gasteiger partial charge >= 0.3 is 108 Å². The van der Waals surface area contributed by atoms with E-state index in [1.54, 1.807) is 37.7 Å². The van der Waals surface area contributed by atoms with Crippen LogP contribution in [0.4, 0.5) is 0 Å². The molecule has 2 aliphatic heterocycles. The van der Waals surface area contributed by atoms with E-state index in [9.17, 15) is 9.90 Å². The van der Waals surface area contributed by atoms with Crippen molar-refractivity contribution in [2.45, 2.75) is 68.5 Å². The third kappa shape index (κ3) is 7.77. The second-order valence-corrected chi connectivity index (χ2v) is 28.2. The van der Waals surface area contributed by atoms with E-state index in [4.69, 9.17) is 12.1 Å². The van der Waals surface area contributed by atoms with Crippen molar-refractivity contribution in [2.24, 2.45) is 0 Å². The number of fused-ring (bicyclic) bond motifs is 2. The fraction of sp³-hybridized carbons (Fsp3) is 0.370. The van der Waals surface area contributed by atoms with Gasteiger partial charge in [0.2, 0.25) is 5.91 Å². The zero-order valence-corrected chi connectivity index (χ0v) is 26.6. The summed E-state index contributed by atoms with van der Waals surface area (Å²) in [5.41, 5.74) is 0.918. The Balaban J connectivity index is 0.000000179. The van der Waals surface area contributed by atoms with E-state index in [0.717, 1.165) is 28.5 Å². The molecule has 3 aromatic rings. The molecule has 0 saturated heterocycles. The van der Waals surface area contributed by atoms with Crippen molar-refractivity contribution < 1.29 is 44.5 Å². The van der Waals surface area contributed by atoms with E-state index in [1.165, 1.54) is 32.8 Å². The second kappa shape index (κ2) is 14.1. The van der Waals surface area contributed by atoms with Gasteiger partial charge in [0.25, 0.3) is 0 Å². The molecule has 0 radical (unpaired) electrons. The molecule has 38 heavy (non-hydrogen) atoms. The topological polar surface area (TPSA) is 84.8 Å². The van der Waals surface area contributed by atoms with E-state index in [0.29, 0.717) is 18.7 Å². The number of benzene rings is 1. The number of amides is 1. The van der Waals surface area contributed by atoms with Gasteiger partial charge in [0.05, 0.1) is 7.11 Å². The molecule has 8 nitrogen and oxygen atoms in total. The van der Waals surface area contributed by atoms with Crippen LogP contribution in [0.1, 0.15) is 57.4 Å². The first-order valence-corrected chi connectivity index (χ1v) is 24.9. The maximum atomic E-state index is 11.7. The van der Waals surface area contributed by atoms with E-state index in [-0.39, 0.29) is 11.7 Å². The van der Waals surface area contributed by atoms with Gasteiger partial charge in [-0.1, -0.05) is 45.1 Å². The quantitative estimate of drug-likeness (QED) is 0.197. The third-order valence-electron chi connectivity index (χ3n) is 6.31. The number of aromatic hydroxyl groups is 1. The minimum atomic E-state index is -3.23. The molecule has 0 fully saturated rings. The molecule has 0 saturated carbocycles. The molecule has 5 rings (SSSR count). The van der Waals surface area contributed by atoms with Gasteiger partial charge < -0.3 is 15.2 Å². The number of methoxy groups -OCH3 is 1. The summed E-state index contributed by atoms with van der Waals surface area (Å²) in [6.45, 7) is 2.66. The number of nitrogens with one attached hydrogen (secondary N) is 1. The number of hydrogen-bond donors (Lipinski definition) is 2. The summed E-state index contributed by atoms with van der Waals surface area (Å²) in [6.07, 6.45) is 11.6. The Morgan fingerprint density at radius 3 is 2.18 bits per heavy atom. The fourth-order valence-corrected chi connectivity index (χ4v) is 25.1. The minimum absolute atomic E-state index is 0.0810. The van der Waals surface area contributed by atoms with Crippen molar-refractivity contribution >= 4 is 25.4 Å². The standard InChI is InChI=1S/C17H27NO3.2C5H5NOS.Zn/c1-3-4-5-6-7-8-9-17(20)18-13-14-10-11-15(19)16(12-14)21-2;2*7-6-4-2-1-3-5(6)8;/h10-12,19H,3-9,13H2,1-2H3,(H,18,20);2*1-4,8H;/q;;;+2/p-2. The number of hydrogen-bond acceptors (Lipinski definition) is 7. The van der Waals surface area contributed by atoms with Crippen LogP contribution < -0.4 is 26.8 Å². The third-order valence-corrected chi connectivity index (χ3v) is 24.8. The number of rotatable bonds is 10. The number of phenols is 1. The summed E-state index contributed by atoms with van der Waals surface area (Å²) in [5.74, 6) is 0.620. The van der Waals surface area contributed by atoms with Gasteiger partial charge in [-0.2, -0.15) is 0 Å². The molecule has 1 spiro atoms. The Morgan fingerprint density at radius 2 is 1.58 bits per heavy atom. The van der Waals surface area contributed by atoms with Crippen LogP contribution in [0.15, 0.2) is 77.0 Å². The van der Waals surface area contributed by atoms with Gasteiger partial charge in [-0.25, -0.2) is 0 Å². The summed E-state index contributed by atoms with van der Waals surface area (Å²) >= 11 is -3.23. The first kappa shape index (κ1) is 28.5. The van der Waals surface area contributed by atoms with Crippen LogP contribution in [0.3, 0.4) is 0 Å². The van der Waals surface area contributed by atoms with Crippen LogP contribution in [0.25, 0.3) is 0 Å². The summed E-state index contributed by atoms with van der Waals surface area (Å²) in [4.78, 5) is 11.7. The zero-order valence-electron chi connectivity index (χ0n) is 22.0. The summed E-state index contributed by atoms with van der Waals surface area (Å²) in [6, 6.07) is 17.2. The molecule has 11 heteroatoms. The number of phenolic OH excluding ortho intramolecular Hbond substituents is 1. The molecule has 202 valence electrons.